The minimum Gasteiger partial charge on any atom is -0.378 e. The molecule has 0 radical (unpaired) electrons. The Morgan fingerprint density at radius 3 is 2.17 bits per heavy atom. The van der Waals surface area contributed by atoms with E-state index < -0.39 is 0 Å². The molecule has 0 aromatic heterocycles. The average molecular weight is 168 g/mol. The third-order valence-corrected chi connectivity index (χ3v) is 4.03. The fraction of sp³-hybridized carbons (Fsp3) is 1.00. The van der Waals surface area contributed by atoms with Gasteiger partial charge in [0.15, 0.2) is 0 Å². The lowest BCUT2D eigenvalue weighted by Crippen LogP contribution is -2.66. The molecule has 4 rings (SSSR count). The van der Waals surface area contributed by atoms with E-state index in [0.29, 0.717) is 23.8 Å². The lowest BCUT2D eigenvalue weighted by Gasteiger charge is -2.57. The highest BCUT2D eigenvalue weighted by Crippen LogP contribution is 2.44. The van der Waals surface area contributed by atoms with Crippen LogP contribution in [0.1, 0.15) is 12.8 Å². The minimum absolute atomic E-state index is 0.148. The first kappa shape index (κ1) is 7.30. The van der Waals surface area contributed by atoms with Gasteiger partial charge in [0.05, 0.1) is 0 Å². The molecular weight excluding hydrogens is 152 g/mol. The molecule has 1 saturated carbocycles. The molecule has 3 heteroatoms. The van der Waals surface area contributed by atoms with Gasteiger partial charge in [-0.25, -0.2) is 0 Å². The van der Waals surface area contributed by atoms with E-state index in [1.165, 1.54) is 0 Å². The van der Waals surface area contributed by atoms with Gasteiger partial charge in [-0.15, -0.1) is 0 Å². The highest BCUT2D eigenvalue weighted by molar-refractivity contribution is 5.02. The quantitative estimate of drug-likeness (QED) is 0.517. The SMILES string of the molecule is NC1C2CC3CC1CN(C2)C3O. The Balaban J connectivity index is 1.91. The van der Waals surface area contributed by atoms with Gasteiger partial charge in [-0.2, -0.15) is 0 Å². The van der Waals surface area contributed by atoms with E-state index in [2.05, 4.69) is 4.90 Å². The van der Waals surface area contributed by atoms with Crippen molar-refractivity contribution in [1.82, 2.24) is 4.90 Å². The van der Waals surface area contributed by atoms with Crippen molar-refractivity contribution in [1.29, 1.82) is 0 Å². The van der Waals surface area contributed by atoms with Crippen LogP contribution >= 0.6 is 0 Å². The molecule has 68 valence electrons. The van der Waals surface area contributed by atoms with Crippen molar-refractivity contribution in [3.8, 4) is 0 Å². The summed E-state index contributed by atoms with van der Waals surface area (Å²) in [5, 5.41) is 9.80. The van der Waals surface area contributed by atoms with E-state index in [0.717, 1.165) is 25.9 Å². The van der Waals surface area contributed by atoms with E-state index in [-0.39, 0.29) is 6.23 Å². The molecule has 3 saturated heterocycles. The topological polar surface area (TPSA) is 49.5 Å². The zero-order valence-corrected chi connectivity index (χ0v) is 7.19. The van der Waals surface area contributed by atoms with Gasteiger partial charge in [-0.1, -0.05) is 0 Å². The number of hydrogen-bond acceptors (Lipinski definition) is 3. The Morgan fingerprint density at radius 2 is 1.67 bits per heavy atom. The summed E-state index contributed by atoms with van der Waals surface area (Å²) in [5.74, 6) is 1.87. The summed E-state index contributed by atoms with van der Waals surface area (Å²) in [6, 6.07) is 0.421. The van der Waals surface area contributed by atoms with E-state index >= 15 is 0 Å². The van der Waals surface area contributed by atoms with Crippen molar-refractivity contribution in [2.45, 2.75) is 25.1 Å². The van der Waals surface area contributed by atoms with Crippen molar-refractivity contribution >= 4 is 0 Å². The minimum atomic E-state index is -0.148. The molecule has 3 unspecified atom stereocenters. The predicted molar refractivity (Wildman–Crippen MR) is 45.3 cm³/mol. The molecule has 1 aliphatic carbocycles. The fourth-order valence-electron chi connectivity index (χ4n) is 3.40. The van der Waals surface area contributed by atoms with Crippen molar-refractivity contribution < 1.29 is 5.11 Å². The normalized spacial score (nSPS) is 62.5. The summed E-state index contributed by atoms with van der Waals surface area (Å²) in [6.07, 6.45) is 2.18. The Hall–Kier alpha value is -0.120. The summed E-state index contributed by atoms with van der Waals surface area (Å²) in [6.45, 7) is 2.07. The molecule has 0 spiro atoms. The molecule has 0 aromatic carbocycles. The van der Waals surface area contributed by atoms with Gasteiger partial charge in [-0.05, 0) is 30.6 Å². The maximum atomic E-state index is 9.80. The maximum absolute atomic E-state index is 9.80. The zero-order chi connectivity index (χ0) is 8.29. The third-order valence-electron chi connectivity index (χ3n) is 4.03. The van der Waals surface area contributed by atoms with Gasteiger partial charge in [0.2, 0.25) is 0 Å². The van der Waals surface area contributed by atoms with Crippen molar-refractivity contribution in [2.75, 3.05) is 13.1 Å². The average Bonchev–Trinajstić information content (AvgIpc) is 2.02. The van der Waals surface area contributed by atoms with E-state index in [4.69, 9.17) is 5.73 Å². The van der Waals surface area contributed by atoms with Crippen LogP contribution in [0.3, 0.4) is 0 Å². The molecule has 12 heavy (non-hydrogen) atoms. The number of piperidine rings is 3. The monoisotopic (exact) mass is 168 g/mol. The van der Waals surface area contributed by atoms with E-state index in [1.807, 2.05) is 0 Å². The molecule has 0 aromatic rings. The van der Waals surface area contributed by atoms with Crippen LogP contribution in [0.2, 0.25) is 0 Å². The second-order valence-corrected chi connectivity index (χ2v) is 4.70. The zero-order valence-electron chi connectivity index (χ0n) is 7.19. The summed E-state index contributed by atoms with van der Waals surface area (Å²) in [7, 11) is 0. The van der Waals surface area contributed by atoms with Crippen LogP contribution in [0.4, 0.5) is 0 Å². The van der Waals surface area contributed by atoms with Gasteiger partial charge in [-0.3, -0.25) is 4.90 Å². The first-order valence-corrected chi connectivity index (χ1v) is 4.93. The van der Waals surface area contributed by atoms with Crippen LogP contribution < -0.4 is 5.73 Å². The Morgan fingerprint density at radius 1 is 1.08 bits per heavy atom. The number of aliphatic hydroxyl groups excluding tert-OH is 1. The van der Waals surface area contributed by atoms with Gasteiger partial charge >= 0.3 is 0 Å². The van der Waals surface area contributed by atoms with Crippen LogP contribution in [0.25, 0.3) is 0 Å². The first-order valence-electron chi connectivity index (χ1n) is 4.93. The van der Waals surface area contributed by atoms with Crippen LogP contribution in [-0.2, 0) is 0 Å². The molecule has 4 aliphatic rings. The number of nitrogens with zero attached hydrogens (tertiary/aromatic N) is 1. The van der Waals surface area contributed by atoms with Crippen molar-refractivity contribution in [2.24, 2.45) is 23.5 Å². The molecule has 0 amide bonds. The number of hydrogen-bond donors (Lipinski definition) is 2. The Kier molecular flexibility index (Phi) is 1.35. The van der Waals surface area contributed by atoms with Crippen molar-refractivity contribution in [3.63, 3.8) is 0 Å². The highest BCUT2D eigenvalue weighted by Gasteiger charge is 2.50. The second kappa shape index (κ2) is 2.22. The summed E-state index contributed by atoms with van der Waals surface area (Å²) in [5.41, 5.74) is 6.10. The molecule has 3 N–H and O–H groups in total. The largest absolute Gasteiger partial charge is 0.378 e. The Bertz CT molecular complexity index is 159. The van der Waals surface area contributed by atoms with E-state index in [9.17, 15) is 5.11 Å². The van der Waals surface area contributed by atoms with Crippen LogP contribution in [0, 0.1) is 17.8 Å². The van der Waals surface area contributed by atoms with Gasteiger partial charge in [0, 0.05) is 19.1 Å². The molecule has 3 atom stereocenters. The molecule has 3 aliphatic heterocycles. The Labute approximate surface area is 72.5 Å². The molecule has 3 heterocycles. The smallest absolute Gasteiger partial charge is 0.110 e. The lowest BCUT2D eigenvalue weighted by atomic mass is 9.65. The van der Waals surface area contributed by atoms with Crippen molar-refractivity contribution in [3.05, 3.63) is 0 Å². The predicted octanol–water partition coefficient (Wildman–Crippen LogP) is -0.396. The second-order valence-electron chi connectivity index (χ2n) is 4.70. The number of rotatable bonds is 0. The maximum Gasteiger partial charge on any atom is 0.110 e. The van der Waals surface area contributed by atoms with Gasteiger partial charge in [0.25, 0.3) is 0 Å². The number of aliphatic hydroxyl groups is 1. The number of nitrogens with two attached hydrogens (primary N) is 1. The lowest BCUT2D eigenvalue weighted by molar-refractivity contribution is -0.162. The van der Waals surface area contributed by atoms with E-state index in [1.54, 1.807) is 0 Å². The van der Waals surface area contributed by atoms with Gasteiger partial charge in [0.1, 0.15) is 6.23 Å². The standard InChI is InChI=1S/C9H16N2O/c10-8-6-1-5-2-7(8)4-11(3-6)9(5)12/h5-9,12H,1-4,10H2. The summed E-state index contributed by atoms with van der Waals surface area (Å²) < 4.78 is 0. The highest BCUT2D eigenvalue weighted by atomic mass is 16.3. The van der Waals surface area contributed by atoms with Crippen LogP contribution in [0.15, 0.2) is 0 Å². The molecule has 4 bridgehead atoms. The molecule has 4 fully saturated rings. The van der Waals surface area contributed by atoms with Crippen LogP contribution in [-0.4, -0.2) is 35.4 Å². The van der Waals surface area contributed by atoms with Gasteiger partial charge < -0.3 is 10.8 Å². The first-order chi connectivity index (χ1) is 5.75. The summed E-state index contributed by atoms with van der Waals surface area (Å²) >= 11 is 0. The fourth-order valence-corrected chi connectivity index (χ4v) is 3.40. The molecular formula is C9H16N2O. The third kappa shape index (κ3) is 0.767. The summed E-state index contributed by atoms with van der Waals surface area (Å²) in [4.78, 5) is 2.22. The molecule has 3 nitrogen and oxygen atoms in total. The van der Waals surface area contributed by atoms with Crippen LogP contribution in [0.5, 0.6) is 0 Å².